The van der Waals surface area contributed by atoms with Gasteiger partial charge in [0.15, 0.2) is 0 Å². The lowest BCUT2D eigenvalue weighted by Crippen LogP contribution is -2.50. The minimum absolute atomic E-state index is 0.0569. The van der Waals surface area contributed by atoms with Crippen molar-refractivity contribution in [2.45, 2.75) is 42.0 Å². The van der Waals surface area contributed by atoms with Gasteiger partial charge in [-0.05, 0) is 48.7 Å². The molecule has 0 spiro atoms. The topological polar surface area (TPSA) is 98.8 Å². The zero-order chi connectivity index (χ0) is 21.4. The van der Waals surface area contributed by atoms with E-state index in [4.69, 9.17) is 26.8 Å². The molecule has 0 saturated heterocycles. The van der Waals surface area contributed by atoms with E-state index in [9.17, 15) is 14.7 Å². The Labute approximate surface area is 179 Å². The number of phenols is 1. The number of phenolic OH excluding ortho intramolecular Hbond substituents is 1. The summed E-state index contributed by atoms with van der Waals surface area (Å²) in [5.41, 5.74) is 6.19. The fourth-order valence-electron chi connectivity index (χ4n) is 2.54. The van der Waals surface area contributed by atoms with Crippen molar-refractivity contribution < 1.29 is 24.2 Å². The minimum atomic E-state index is -1.00. The van der Waals surface area contributed by atoms with Crippen LogP contribution < -0.4 is 5.73 Å². The van der Waals surface area contributed by atoms with E-state index in [0.717, 1.165) is 15.4 Å². The molecule has 0 radical (unpaired) electrons. The number of halogens is 1. The van der Waals surface area contributed by atoms with Crippen LogP contribution in [0.2, 0.25) is 5.02 Å². The number of esters is 2. The van der Waals surface area contributed by atoms with Crippen LogP contribution in [0.15, 0.2) is 52.3 Å². The average molecular weight is 438 g/mol. The molecule has 0 saturated carbocycles. The quantitative estimate of drug-likeness (QED) is 0.573. The standard InChI is InChI=1S/C21H24ClNO5S/c1-14(24)27-12-21(23,13-28-15(2)25)9-8-16-6-7-19(11-20(16)22)29-18-5-3-4-17(26)10-18/h3-7,10-11,26H,8-9,12-13,23H2,1-2H3. The number of aromatic hydroxyl groups is 1. The van der Waals surface area contributed by atoms with Gasteiger partial charge in [0.2, 0.25) is 0 Å². The van der Waals surface area contributed by atoms with Gasteiger partial charge < -0.3 is 20.3 Å². The molecule has 0 aromatic heterocycles. The second kappa shape index (κ2) is 10.5. The van der Waals surface area contributed by atoms with Crippen LogP contribution in [0.1, 0.15) is 25.8 Å². The van der Waals surface area contributed by atoms with Crippen LogP contribution in [-0.4, -0.2) is 35.8 Å². The normalized spacial score (nSPS) is 11.2. The Morgan fingerprint density at radius 3 is 2.24 bits per heavy atom. The number of hydrogen-bond acceptors (Lipinski definition) is 7. The maximum absolute atomic E-state index is 11.1. The first-order valence-electron chi connectivity index (χ1n) is 8.98. The molecule has 0 atom stereocenters. The molecule has 0 fully saturated rings. The summed E-state index contributed by atoms with van der Waals surface area (Å²) in [5.74, 6) is -0.694. The first-order valence-corrected chi connectivity index (χ1v) is 10.2. The molecular formula is C21H24ClNO5S. The van der Waals surface area contributed by atoms with E-state index in [-0.39, 0.29) is 19.0 Å². The molecule has 2 aromatic carbocycles. The zero-order valence-electron chi connectivity index (χ0n) is 16.3. The van der Waals surface area contributed by atoms with Crippen molar-refractivity contribution in [3.05, 3.63) is 53.1 Å². The molecule has 8 heteroatoms. The molecule has 0 amide bonds. The number of carbonyl (C=O) groups is 2. The number of ether oxygens (including phenoxy) is 2. The van der Waals surface area contributed by atoms with Gasteiger partial charge in [-0.15, -0.1) is 0 Å². The fourth-order valence-corrected chi connectivity index (χ4v) is 3.79. The Morgan fingerprint density at radius 1 is 1.07 bits per heavy atom. The Morgan fingerprint density at radius 2 is 1.69 bits per heavy atom. The van der Waals surface area contributed by atoms with Gasteiger partial charge in [-0.3, -0.25) is 9.59 Å². The fraction of sp³-hybridized carbons (Fsp3) is 0.333. The molecule has 2 rings (SSSR count). The highest BCUT2D eigenvalue weighted by Crippen LogP contribution is 2.33. The average Bonchev–Trinajstić information content (AvgIpc) is 2.64. The first-order chi connectivity index (χ1) is 13.7. The van der Waals surface area contributed by atoms with Gasteiger partial charge in [0.25, 0.3) is 0 Å². The number of nitrogens with two attached hydrogens (primary N) is 1. The van der Waals surface area contributed by atoms with Crippen molar-refractivity contribution in [2.24, 2.45) is 5.73 Å². The molecule has 0 aliphatic heterocycles. The molecular weight excluding hydrogens is 414 g/mol. The predicted octanol–water partition coefficient (Wildman–Crippen LogP) is 3.95. The van der Waals surface area contributed by atoms with E-state index in [1.54, 1.807) is 18.2 Å². The van der Waals surface area contributed by atoms with Gasteiger partial charge in [-0.25, -0.2) is 0 Å². The third-order valence-electron chi connectivity index (χ3n) is 4.10. The van der Waals surface area contributed by atoms with Gasteiger partial charge in [-0.1, -0.05) is 35.5 Å². The zero-order valence-corrected chi connectivity index (χ0v) is 17.9. The number of benzene rings is 2. The monoisotopic (exact) mass is 437 g/mol. The number of hydrogen-bond donors (Lipinski definition) is 2. The maximum Gasteiger partial charge on any atom is 0.302 e. The second-order valence-electron chi connectivity index (χ2n) is 6.78. The molecule has 0 unspecified atom stereocenters. The SMILES string of the molecule is CC(=O)OCC(N)(CCc1ccc(Sc2cccc(O)c2)cc1Cl)COC(C)=O. The lowest BCUT2D eigenvalue weighted by molar-refractivity contribution is -0.147. The number of aryl methyl sites for hydroxylation is 1. The smallest absolute Gasteiger partial charge is 0.302 e. The van der Waals surface area contributed by atoms with Crippen LogP contribution in [0, 0.1) is 0 Å². The second-order valence-corrected chi connectivity index (χ2v) is 8.33. The van der Waals surface area contributed by atoms with Crippen LogP contribution in [-0.2, 0) is 25.5 Å². The van der Waals surface area contributed by atoms with Crippen LogP contribution in [0.25, 0.3) is 0 Å². The Balaban J connectivity index is 2.04. The van der Waals surface area contributed by atoms with Crippen LogP contribution >= 0.6 is 23.4 Å². The molecule has 0 heterocycles. The summed E-state index contributed by atoms with van der Waals surface area (Å²) in [6.07, 6.45) is 0.932. The Bertz CT molecular complexity index is 856. The van der Waals surface area contributed by atoms with Crippen LogP contribution in [0.5, 0.6) is 5.75 Å². The predicted molar refractivity (Wildman–Crippen MR) is 112 cm³/mol. The molecule has 0 bridgehead atoms. The molecule has 6 nitrogen and oxygen atoms in total. The summed E-state index contributed by atoms with van der Waals surface area (Å²) in [5, 5.41) is 10.2. The Kier molecular flexibility index (Phi) is 8.37. The van der Waals surface area contributed by atoms with Crippen molar-refractivity contribution >= 4 is 35.3 Å². The van der Waals surface area contributed by atoms with E-state index >= 15 is 0 Å². The highest BCUT2D eigenvalue weighted by Gasteiger charge is 2.28. The van der Waals surface area contributed by atoms with Gasteiger partial charge in [0, 0.05) is 28.7 Å². The number of rotatable bonds is 9. The maximum atomic E-state index is 11.1. The molecule has 0 aliphatic carbocycles. The van der Waals surface area contributed by atoms with Crippen LogP contribution in [0.4, 0.5) is 0 Å². The summed E-state index contributed by atoms with van der Waals surface area (Å²) in [4.78, 5) is 24.1. The van der Waals surface area contributed by atoms with Gasteiger partial charge in [0.05, 0.1) is 5.54 Å². The van der Waals surface area contributed by atoms with Gasteiger partial charge in [-0.2, -0.15) is 0 Å². The lowest BCUT2D eigenvalue weighted by Gasteiger charge is -2.28. The molecule has 156 valence electrons. The summed E-state index contributed by atoms with van der Waals surface area (Å²) in [6, 6.07) is 12.7. The van der Waals surface area contributed by atoms with Gasteiger partial charge >= 0.3 is 11.9 Å². The van der Waals surface area contributed by atoms with Crippen molar-refractivity contribution in [1.29, 1.82) is 0 Å². The first kappa shape index (κ1) is 23.1. The van der Waals surface area contributed by atoms with E-state index < -0.39 is 17.5 Å². The lowest BCUT2D eigenvalue weighted by atomic mass is 9.93. The summed E-state index contributed by atoms with van der Waals surface area (Å²) in [7, 11) is 0. The minimum Gasteiger partial charge on any atom is -0.508 e. The molecule has 3 N–H and O–H groups in total. The third-order valence-corrected chi connectivity index (χ3v) is 5.43. The molecule has 29 heavy (non-hydrogen) atoms. The highest BCUT2D eigenvalue weighted by molar-refractivity contribution is 7.99. The summed E-state index contributed by atoms with van der Waals surface area (Å²) >= 11 is 7.92. The van der Waals surface area contributed by atoms with Crippen molar-refractivity contribution in [1.82, 2.24) is 0 Å². The van der Waals surface area contributed by atoms with E-state index in [2.05, 4.69) is 0 Å². The van der Waals surface area contributed by atoms with Crippen molar-refractivity contribution in [3.63, 3.8) is 0 Å². The molecule has 2 aromatic rings. The van der Waals surface area contributed by atoms with Gasteiger partial charge in [0.1, 0.15) is 19.0 Å². The number of carbonyl (C=O) groups excluding carboxylic acids is 2. The molecule has 0 aliphatic rings. The highest BCUT2D eigenvalue weighted by atomic mass is 35.5. The van der Waals surface area contributed by atoms with Crippen LogP contribution in [0.3, 0.4) is 0 Å². The van der Waals surface area contributed by atoms with E-state index in [0.29, 0.717) is 17.9 Å². The van der Waals surface area contributed by atoms with Crippen molar-refractivity contribution in [2.75, 3.05) is 13.2 Å². The van der Waals surface area contributed by atoms with Crippen molar-refractivity contribution in [3.8, 4) is 5.75 Å². The van der Waals surface area contributed by atoms with E-state index in [1.807, 2.05) is 24.3 Å². The van der Waals surface area contributed by atoms with E-state index in [1.165, 1.54) is 25.6 Å². The largest absolute Gasteiger partial charge is 0.508 e. The summed E-state index contributed by atoms with van der Waals surface area (Å²) in [6.45, 7) is 2.48. The summed E-state index contributed by atoms with van der Waals surface area (Å²) < 4.78 is 10.1. The third kappa shape index (κ3) is 7.97. The Hall–Kier alpha value is -2.22.